The van der Waals surface area contributed by atoms with Gasteiger partial charge in [-0.3, -0.25) is 9.69 Å². The molecule has 1 aliphatic heterocycles. The Hall–Kier alpha value is -0.610. The maximum absolute atomic E-state index is 12.5. The third kappa shape index (κ3) is 3.11. The molecule has 2 unspecified atom stereocenters. The molecule has 0 spiro atoms. The lowest BCUT2D eigenvalue weighted by Crippen LogP contribution is -2.59. The predicted octanol–water partition coefficient (Wildman–Crippen LogP) is 1.65. The average molecular weight is 268 g/mol. The second-order valence-corrected chi connectivity index (χ2v) is 6.47. The van der Waals surface area contributed by atoms with Crippen LogP contribution in [0.3, 0.4) is 0 Å². The summed E-state index contributed by atoms with van der Waals surface area (Å²) < 4.78 is 5.18. The Balaban J connectivity index is 2.24. The van der Waals surface area contributed by atoms with Crippen molar-refractivity contribution >= 4 is 5.97 Å². The van der Waals surface area contributed by atoms with Crippen LogP contribution in [0.4, 0.5) is 0 Å². The molecule has 0 bridgehead atoms. The second kappa shape index (κ2) is 6.23. The van der Waals surface area contributed by atoms with Crippen molar-refractivity contribution in [2.45, 2.75) is 45.1 Å². The fourth-order valence-electron chi connectivity index (χ4n) is 4.11. The van der Waals surface area contributed by atoms with Crippen molar-refractivity contribution in [3.8, 4) is 0 Å². The van der Waals surface area contributed by atoms with Crippen LogP contribution in [0.15, 0.2) is 0 Å². The third-order valence-corrected chi connectivity index (χ3v) is 4.69. The predicted molar refractivity (Wildman–Crippen MR) is 76.0 cm³/mol. The van der Waals surface area contributed by atoms with Gasteiger partial charge in [-0.2, -0.15) is 0 Å². The summed E-state index contributed by atoms with van der Waals surface area (Å²) in [5.74, 6) is 1.17. The molecule has 19 heavy (non-hydrogen) atoms. The fourth-order valence-corrected chi connectivity index (χ4v) is 4.11. The van der Waals surface area contributed by atoms with E-state index < -0.39 is 0 Å². The van der Waals surface area contributed by atoms with Gasteiger partial charge in [0.15, 0.2) is 0 Å². The minimum atomic E-state index is -0.377. The quantitative estimate of drug-likeness (QED) is 0.773. The highest BCUT2D eigenvalue weighted by atomic mass is 16.5. The van der Waals surface area contributed by atoms with E-state index in [0.29, 0.717) is 11.8 Å². The molecule has 0 amide bonds. The first-order chi connectivity index (χ1) is 9.08. The van der Waals surface area contributed by atoms with E-state index in [9.17, 15) is 4.79 Å². The van der Waals surface area contributed by atoms with Gasteiger partial charge in [0.05, 0.1) is 7.11 Å². The van der Waals surface area contributed by atoms with Gasteiger partial charge in [-0.15, -0.1) is 0 Å². The normalized spacial score (nSPS) is 37.6. The lowest BCUT2D eigenvalue weighted by Gasteiger charge is -2.47. The highest BCUT2D eigenvalue weighted by Crippen LogP contribution is 2.41. The first kappa shape index (κ1) is 14.8. The number of rotatable bonds is 2. The molecule has 1 saturated carbocycles. The average Bonchev–Trinajstić information content (AvgIpc) is 2.65. The van der Waals surface area contributed by atoms with E-state index in [1.54, 1.807) is 0 Å². The molecule has 1 N–H and O–H groups in total. The summed E-state index contributed by atoms with van der Waals surface area (Å²) in [6, 6.07) is 0. The summed E-state index contributed by atoms with van der Waals surface area (Å²) >= 11 is 0. The Morgan fingerprint density at radius 1 is 1.21 bits per heavy atom. The van der Waals surface area contributed by atoms with E-state index in [1.165, 1.54) is 13.5 Å². The summed E-state index contributed by atoms with van der Waals surface area (Å²) in [5.41, 5.74) is -0.377. The molecular weight excluding hydrogens is 240 g/mol. The smallest absolute Gasteiger partial charge is 0.326 e. The van der Waals surface area contributed by atoms with Gasteiger partial charge in [0.25, 0.3) is 0 Å². The zero-order valence-corrected chi connectivity index (χ0v) is 12.6. The van der Waals surface area contributed by atoms with Gasteiger partial charge in [-0.05, 0) is 44.1 Å². The van der Waals surface area contributed by atoms with E-state index in [2.05, 4.69) is 24.1 Å². The van der Waals surface area contributed by atoms with Crippen LogP contribution in [0.25, 0.3) is 0 Å². The lowest BCUT2D eigenvalue weighted by atomic mass is 9.70. The second-order valence-electron chi connectivity index (χ2n) is 6.47. The van der Waals surface area contributed by atoms with Gasteiger partial charge in [0.1, 0.15) is 5.54 Å². The van der Waals surface area contributed by atoms with Crippen LogP contribution in [0.5, 0.6) is 0 Å². The monoisotopic (exact) mass is 268 g/mol. The molecule has 2 rings (SSSR count). The summed E-state index contributed by atoms with van der Waals surface area (Å²) in [5, 5.41) is 3.42. The molecule has 0 radical (unpaired) electrons. The minimum absolute atomic E-state index is 0.0206. The fraction of sp³-hybridized carbons (Fsp3) is 0.933. The molecule has 0 aromatic rings. The number of carbonyl (C=O) groups excluding carboxylic acids is 1. The summed E-state index contributed by atoms with van der Waals surface area (Å²) in [7, 11) is 1.53. The van der Waals surface area contributed by atoms with Crippen LogP contribution in [0.1, 0.15) is 39.5 Å². The van der Waals surface area contributed by atoms with Gasteiger partial charge >= 0.3 is 5.97 Å². The maximum atomic E-state index is 12.5. The molecule has 1 aliphatic carbocycles. The molecule has 110 valence electrons. The van der Waals surface area contributed by atoms with Crippen LogP contribution < -0.4 is 5.32 Å². The number of esters is 1. The highest BCUT2D eigenvalue weighted by Gasteiger charge is 2.49. The van der Waals surface area contributed by atoms with E-state index in [-0.39, 0.29) is 11.5 Å². The zero-order chi connectivity index (χ0) is 13.9. The number of carbonyl (C=O) groups is 1. The number of hydrogen-bond acceptors (Lipinski definition) is 4. The van der Waals surface area contributed by atoms with Gasteiger partial charge in [-0.25, -0.2) is 0 Å². The maximum Gasteiger partial charge on any atom is 0.326 e. The van der Waals surface area contributed by atoms with Crippen molar-refractivity contribution in [1.29, 1.82) is 0 Å². The summed E-state index contributed by atoms with van der Waals surface area (Å²) in [6.07, 6.45) is 4.24. The standard InChI is InChI=1S/C15H28N2O2/c1-12-9-13(2)11-15(10-12,14(18)19-3)17-7-4-5-16-6-8-17/h12-13,16H,4-11H2,1-3H3. The summed E-state index contributed by atoms with van der Waals surface area (Å²) in [6.45, 7) is 8.52. The van der Waals surface area contributed by atoms with Crippen LogP contribution in [0, 0.1) is 11.8 Å². The minimum Gasteiger partial charge on any atom is -0.468 e. The molecule has 2 aliphatic rings. The molecule has 1 heterocycles. The Morgan fingerprint density at radius 2 is 1.89 bits per heavy atom. The largest absolute Gasteiger partial charge is 0.468 e. The van der Waals surface area contributed by atoms with Gasteiger partial charge in [0, 0.05) is 19.6 Å². The van der Waals surface area contributed by atoms with Gasteiger partial charge in [0.2, 0.25) is 0 Å². The molecule has 2 fully saturated rings. The number of nitrogens with zero attached hydrogens (tertiary/aromatic N) is 1. The Labute approximate surface area is 116 Å². The number of methoxy groups -OCH3 is 1. The molecule has 4 heteroatoms. The third-order valence-electron chi connectivity index (χ3n) is 4.69. The van der Waals surface area contributed by atoms with Crippen LogP contribution in [-0.2, 0) is 9.53 Å². The van der Waals surface area contributed by atoms with Crippen LogP contribution in [-0.4, -0.2) is 49.7 Å². The van der Waals surface area contributed by atoms with Gasteiger partial charge < -0.3 is 10.1 Å². The number of hydrogen-bond donors (Lipinski definition) is 1. The van der Waals surface area contributed by atoms with E-state index in [1.807, 2.05) is 0 Å². The van der Waals surface area contributed by atoms with Crippen molar-refractivity contribution in [3.63, 3.8) is 0 Å². The first-order valence-electron chi connectivity index (χ1n) is 7.62. The van der Waals surface area contributed by atoms with Crippen molar-refractivity contribution in [1.82, 2.24) is 10.2 Å². The van der Waals surface area contributed by atoms with Crippen molar-refractivity contribution in [3.05, 3.63) is 0 Å². The molecule has 0 aromatic carbocycles. The van der Waals surface area contributed by atoms with Crippen LogP contribution in [0.2, 0.25) is 0 Å². The van der Waals surface area contributed by atoms with E-state index >= 15 is 0 Å². The number of nitrogens with one attached hydrogen (secondary N) is 1. The topological polar surface area (TPSA) is 41.6 Å². The first-order valence-corrected chi connectivity index (χ1v) is 7.62. The Kier molecular flexibility index (Phi) is 4.85. The van der Waals surface area contributed by atoms with E-state index in [4.69, 9.17) is 4.74 Å². The Morgan fingerprint density at radius 3 is 2.53 bits per heavy atom. The SMILES string of the molecule is COC(=O)C1(N2CCCNCC2)CC(C)CC(C)C1. The lowest BCUT2D eigenvalue weighted by molar-refractivity contribution is -0.160. The summed E-state index contributed by atoms with van der Waals surface area (Å²) in [4.78, 5) is 14.9. The highest BCUT2D eigenvalue weighted by molar-refractivity contribution is 5.81. The van der Waals surface area contributed by atoms with E-state index in [0.717, 1.165) is 45.4 Å². The van der Waals surface area contributed by atoms with Crippen molar-refractivity contribution < 1.29 is 9.53 Å². The Bertz CT molecular complexity index is 301. The molecule has 4 nitrogen and oxygen atoms in total. The zero-order valence-electron chi connectivity index (χ0n) is 12.6. The van der Waals surface area contributed by atoms with Crippen LogP contribution >= 0.6 is 0 Å². The van der Waals surface area contributed by atoms with Crippen molar-refractivity contribution in [2.24, 2.45) is 11.8 Å². The number of ether oxygens (including phenoxy) is 1. The van der Waals surface area contributed by atoms with Gasteiger partial charge in [-0.1, -0.05) is 13.8 Å². The van der Waals surface area contributed by atoms with Crippen molar-refractivity contribution in [2.75, 3.05) is 33.3 Å². The molecule has 0 aromatic heterocycles. The molecule has 2 atom stereocenters. The molecule has 1 saturated heterocycles. The molecular formula is C15H28N2O2.